The minimum Gasteiger partial charge on any atom is -0.299 e. The maximum atomic E-state index is 11.4. The number of ketones is 1. The quantitative estimate of drug-likeness (QED) is 0.552. The zero-order chi connectivity index (χ0) is 10.3. The Labute approximate surface area is 91.9 Å². The number of allylic oxidation sites excluding steroid dienone is 2. The van der Waals surface area contributed by atoms with Gasteiger partial charge in [0.25, 0.3) is 0 Å². The number of hydrogen-bond acceptors (Lipinski definition) is 1. The van der Waals surface area contributed by atoms with Gasteiger partial charge in [0.2, 0.25) is 0 Å². The van der Waals surface area contributed by atoms with Crippen LogP contribution in [0.1, 0.15) is 51.4 Å². The number of hydrogen-bond donors (Lipinski definition) is 0. The molecule has 3 unspecified atom stereocenters. The SMILES string of the molecule is O=C1CCC2C(=CCC3CCCCC32)C1. The maximum absolute atomic E-state index is 11.4. The third-order valence-corrected chi connectivity index (χ3v) is 4.78. The molecule has 1 nitrogen and oxygen atoms in total. The first kappa shape index (κ1) is 9.62. The van der Waals surface area contributed by atoms with Crippen LogP contribution in [-0.4, -0.2) is 5.78 Å². The first-order valence-electron chi connectivity index (χ1n) is 6.55. The Morgan fingerprint density at radius 1 is 1.13 bits per heavy atom. The van der Waals surface area contributed by atoms with Crippen LogP contribution in [0.2, 0.25) is 0 Å². The standard InChI is InChI=1S/C14H20O/c15-12-7-8-14-11(9-12)6-5-10-3-1-2-4-13(10)14/h6,10,13-14H,1-5,7-9H2. The number of carbonyl (C=O) groups is 1. The van der Waals surface area contributed by atoms with E-state index in [4.69, 9.17) is 0 Å². The van der Waals surface area contributed by atoms with Gasteiger partial charge in [-0.05, 0) is 43.4 Å². The predicted molar refractivity (Wildman–Crippen MR) is 60.5 cm³/mol. The summed E-state index contributed by atoms with van der Waals surface area (Å²) in [5, 5.41) is 0. The van der Waals surface area contributed by atoms with E-state index in [0.29, 0.717) is 5.78 Å². The molecular formula is C14H20O. The van der Waals surface area contributed by atoms with E-state index in [1.165, 1.54) is 37.7 Å². The minimum absolute atomic E-state index is 0.478. The molecule has 0 saturated heterocycles. The third-order valence-electron chi connectivity index (χ3n) is 4.78. The third kappa shape index (κ3) is 1.66. The fourth-order valence-corrected chi connectivity index (χ4v) is 4.02. The van der Waals surface area contributed by atoms with Crippen molar-refractivity contribution in [1.82, 2.24) is 0 Å². The van der Waals surface area contributed by atoms with E-state index < -0.39 is 0 Å². The van der Waals surface area contributed by atoms with E-state index in [1.54, 1.807) is 0 Å². The molecule has 2 fully saturated rings. The van der Waals surface area contributed by atoms with Crippen LogP contribution in [-0.2, 0) is 4.79 Å². The first-order valence-corrected chi connectivity index (χ1v) is 6.55. The zero-order valence-corrected chi connectivity index (χ0v) is 9.37. The van der Waals surface area contributed by atoms with Crippen LogP contribution < -0.4 is 0 Å². The molecule has 0 radical (unpaired) electrons. The van der Waals surface area contributed by atoms with Crippen molar-refractivity contribution in [2.24, 2.45) is 17.8 Å². The highest BCUT2D eigenvalue weighted by Gasteiger charge is 2.38. The van der Waals surface area contributed by atoms with Gasteiger partial charge in [0.05, 0.1) is 0 Å². The highest BCUT2D eigenvalue weighted by molar-refractivity contribution is 5.82. The van der Waals surface area contributed by atoms with E-state index in [2.05, 4.69) is 6.08 Å². The van der Waals surface area contributed by atoms with E-state index in [-0.39, 0.29) is 0 Å². The van der Waals surface area contributed by atoms with E-state index >= 15 is 0 Å². The monoisotopic (exact) mass is 204 g/mol. The number of fused-ring (bicyclic) bond motifs is 3. The zero-order valence-electron chi connectivity index (χ0n) is 9.37. The van der Waals surface area contributed by atoms with Crippen molar-refractivity contribution >= 4 is 5.78 Å². The number of Topliss-reactive ketones (excluding diaryl/α,β-unsaturated/α-hetero) is 1. The molecule has 2 saturated carbocycles. The summed E-state index contributed by atoms with van der Waals surface area (Å²) < 4.78 is 0. The van der Waals surface area contributed by atoms with Gasteiger partial charge >= 0.3 is 0 Å². The Kier molecular flexibility index (Phi) is 2.42. The van der Waals surface area contributed by atoms with Crippen molar-refractivity contribution in [3.05, 3.63) is 11.6 Å². The molecule has 82 valence electrons. The first-order chi connectivity index (χ1) is 7.34. The molecule has 0 N–H and O–H groups in total. The molecule has 0 spiro atoms. The van der Waals surface area contributed by atoms with Crippen molar-refractivity contribution in [3.8, 4) is 0 Å². The van der Waals surface area contributed by atoms with Gasteiger partial charge in [-0.1, -0.05) is 24.5 Å². The molecule has 1 heteroatoms. The van der Waals surface area contributed by atoms with Crippen molar-refractivity contribution in [2.45, 2.75) is 51.4 Å². The highest BCUT2D eigenvalue weighted by atomic mass is 16.1. The second-order valence-electron chi connectivity index (χ2n) is 5.58. The van der Waals surface area contributed by atoms with Crippen LogP contribution in [0.3, 0.4) is 0 Å². The lowest BCUT2D eigenvalue weighted by Gasteiger charge is -2.43. The molecule has 0 aromatic carbocycles. The van der Waals surface area contributed by atoms with Crippen LogP contribution in [0.15, 0.2) is 11.6 Å². The molecule has 3 atom stereocenters. The summed E-state index contributed by atoms with van der Waals surface area (Å²) >= 11 is 0. The van der Waals surface area contributed by atoms with Gasteiger partial charge in [0.15, 0.2) is 0 Å². The van der Waals surface area contributed by atoms with Crippen molar-refractivity contribution in [3.63, 3.8) is 0 Å². The Morgan fingerprint density at radius 3 is 2.93 bits per heavy atom. The topological polar surface area (TPSA) is 17.1 Å². The van der Waals surface area contributed by atoms with Gasteiger partial charge in [-0.3, -0.25) is 4.79 Å². The van der Waals surface area contributed by atoms with Crippen molar-refractivity contribution in [2.75, 3.05) is 0 Å². The van der Waals surface area contributed by atoms with Crippen LogP contribution in [0.4, 0.5) is 0 Å². The molecule has 0 aliphatic heterocycles. The predicted octanol–water partition coefficient (Wildman–Crippen LogP) is 3.49. The highest BCUT2D eigenvalue weighted by Crippen LogP contribution is 2.47. The van der Waals surface area contributed by atoms with Gasteiger partial charge in [-0.15, -0.1) is 0 Å². The van der Waals surface area contributed by atoms with E-state index in [0.717, 1.165) is 37.0 Å². The normalized spacial score (nSPS) is 40.4. The Balaban J connectivity index is 1.83. The smallest absolute Gasteiger partial charge is 0.136 e. The van der Waals surface area contributed by atoms with Gasteiger partial charge in [0.1, 0.15) is 5.78 Å². The molecule has 0 aromatic rings. The number of rotatable bonds is 0. The number of carbonyl (C=O) groups excluding carboxylic acids is 1. The average molecular weight is 204 g/mol. The maximum Gasteiger partial charge on any atom is 0.136 e. The lowest BCUT2D eigenvalue weighted by molar-refractivity contribution is -0.120. The molecular weight excluding hydrogens is 184 g/mol. The van der Waals surface area contributed by atoms with Crippen LogP contribution in [0.25, 0.3) is 0 Å². The summed E-state index contributed by atoms with van der Waals surface area (Å²) in [5.74, 6) is 3.17. The van der Waals surface area contributed by atoms with Crippen LogP contribution in [0.5, 0.6) is 0 Å². The summed E-state index contributed by atoms with van der Waals surface area (Å²) in [6.45, 7) is 0. The lowest BCUT2D eigenvalue weighted by Crippen LogP contribution is -2.34. The van der Waals surface area contributed by atoms with E-state index in [1.807, 2.05) is 0 Å². The molecule has 0 bridgehead atoms. The Bertz CT molecular complexity index is 302. The second-order valence-corrected chi connectivity index (χ2v) is 5.58. The Morgan fingerprint density at radius 2 is 2.00 bits per heavy atom. The summed E-state index contributed by atoms with van der Waals surface area (Å²) in [6.07, 6.45) is 12.2. The Hall–Kier alpha value is -0.590. The van der Waals surface area contributed by atoms with Crippen LogP contribution >= 0.6 is 0 Å². The average Bonchev–Trinajstić information content (AvgIpc) is 2.28. The fraction of sp³-hybridized carbons (Fsp3) is 0.786. The van der Waals surface area contributed by atoms with Gasteiger partial charge in [-0.25, -0.2) is 0 Å². The van der Waals surface area contributed by atoms with Gasteiger partial charge in [0, 0.05) is 12.8 Å². The van der Waals surface area contributed by atoms with Crippen LogP contribution in [0, 0.1) is 17.8 Å². The molecule has 3 aliphatic rings. The van der Waals surface area contributed by atoms with Crippen molar-refractivity contribution < 1.29 is 4.79 Å². The largest absolute Gasteiger partial charge is 0.299 e. The van der Waals surface area contributed by atoms with Gasteiger partial charge in [-0.2, -0.15) is 0 Å². The fourth-order valence-electron chi connectivity index (χ4n) is 4.02. The van der Waals surface area contributed by atoms with E-state index in [9.17, 15) is 4.79 Å². The molecule has 0 heterocycles. The minimum atomic E-state index is 0.478. The summed E-state index contributed by atoms with van der Waals surface area (Å²) in [7, 11) is 0. The second kappa shape index (κ2) is 3.77. The molecule has 0 aromatic heterocycles. The summed E-state index contributed by atoms with van der Waals surface area (Å²) in [6, 6.07) is 0. The molecule has 0 amide bonds. The summed E-state index contributed by atoms with van der Waals surface area (Å²) in [5.41, 5.74) is 1.51. The lowest BCUT2D eigenvalue weighted by atomic mass is 9.62. The molecule has 3 rings (SSSR count). The van der Waals surface area contributed by atoms with Gasteiger partial charge < -0.3 is 0 Å². The summed E-state index contributed by atoms with van der Waals surface area (Å²) in [4.78, 5) is 11.4. The molecule has 3 aliphatic carbocycles. The van der Waals surface area contributed by atoms with Crippen molar-refractivity contribution in [1.29, 1.82) is 0 Å². The molecule has 15 heavy (non-hydrogen) atoms.